The van der Waals surface area contributed by atoms with Crippen molar-refractivity contribution in [3.05, 3.63) is 52.8 Å². The van der Waals surface area contributed by atoms with Crippen molar-refractivity contribution in [1.82, 2.24) is 14.8 Å². The molecular formula is C20H28BrN5. The number of hydrogen-bond donors (Lipinski definition) is 1. The molecule has 1 aromatic carbocycles. The van der Waals surface area contributed by atoms with Crippen LogP contribution in [-0.2, 0) is 13.6 Å². The molecule has 1 fully saturated rings. The van der Waals surface area contributed by atoms with Gasteiger partial charge in [-0.1, -0.05) is 22.0 Å². The molecule has 1 aliphatic heterocycles. The van der Waals surface area contributed by atoms with E-state index in [0.29, 0.717) is 5.92 Å². The first-order valence-corrected chi connectivity index (χ1v) is 9.88. The maximum Gasteiger partial charge on any atom is 0.193 e. The van der Waals surface area contributed by atoms with Gasteiger partial charge in [-0.2, -0.15) is 0 Å². The van der Waals surface area contributed by atoms with Crippen molar-refractivity contribution in [1.29, 1.82) is 0 Å². The molecule has 3 rings (SSSR count). The second kappa shape index (κ2) is 8.62. The van der Waals surface area contributed by atoms with Gasteiger partial charge in [0.05, 0.1) is 6.54 Å². The van der Waals surface area contributed by atoms with E-state index in [0.717, 1.165) is 36.6 Å². The quantitative estimate of drug-likeness (QED) is 0.598. The van der Waals surface area contributed by atoms with E-state index in [4.69, 9.17) is 0 Å². The second-order valence-corrected chi connectivity index (χ2v) is 7.89. The zero-order chi connectivity index (χ0) is 18.5. The molecule has 1 aliphatic rings. The highest BCUT2D eigenvalue weighted by Gasteiger charge is 2.23. The van der Waals surface area contributed by atoms with Crippen molar-refractivity contribution < 1.29 is 0 Å². The van der Waals surface area contributed by atoms with Crippen LogP contribution in [0.1, 0.15) is 12.1 Å². The first kappa shape index (κ1) is 18.8. The summed E-state index contributed by atoms with van der Waals surface area (Å²) < 4.78 is 3.29. The molecule has 0 saturated carbocycles. The lowest BCUT2D eigenvalue weighted by Gasteiger charge is -2.24. The molecule has 1 aromatic heterocycles. The fourth-order valence-electron chi connectivity index (χ4n) is 3.51. The Morgan fingerprint density at radius 3 is 2.88 bits per heavy atom. The Balaban J connectivity index is 1.51. The molecule has 0 bridgehead atoms. The van der Waals surface area contributed by atoms with Crippen LogP contribution >= 0.6 is 15.9 Å². The molecule has 0 aliphatic carbocycles. The summed E-state index contributed by atoms with van der Waals surface area (Å²) in [5.74, 6) is 1.58. The molecule has 140 valence electrons. The number of halogens is 1. The Morgan fingerprint density at radius 1 is 1.35 bits per heavy atom. The molecule has 1 unspecified atom stereocenters. The van der Waals surface area contributed by atoms with Crippen LogP contribution in [0.15, 0.2) is 52.1 Å². The Hall–Kier alpha value is -1.95. The van der Waals surface area contributed by atoms with Gasteiger partial charge in [-0.25, -0.2) is 0 Å². The average molecular weight is 418 g/mol. The zero-order valence-electron chi connectivity index (χ0n) is 15.8. The van der Waals surface area contributed by atoms with Crippen LogP contribution in [0.5, 0.6) is 0 Å². The van der Waals surface area contributed by atoms with Crippen molar-refractivity contribution in [3.63, 3.8) is 0 Å². The molecule has 0 radical (unpaired) electrons. The zero-order valence-corrected chi connectivity index (χ0v) is 17.4. The van der Waals surface area contributed by atoms with Crippen molar-refractivity contribution in [2.75, 3.05) is 38.6 Å². The fraction of sp³-hybridized carbons (Fsp3) is 0.450. The fourth-order valence-corrected chi connectivity index (χ4v) is 3.89. The molecule has 26 heavy (non-hydrogen) atoms. The number of aryl methyl sites for hydroxylation is 1. The lowest BCUT2D eigenvalue weighted by Crippen LogP contribution is -2.41. The van der Waals surface area contributed by atoms with Crippen molar-refractivity contribution in [3.8, 4) is 0 Å². The molecule has 0 amide bonds. The number of nitrogens with one attached hydrogen (secondary N) is 1. The average Bonchev–Trinajstić information content (AvgIpc) is 3.25. The molecule has 0 spiro atoms. The molecule has 2 aromatic rings. The minimum atomic E-state index is 0.633. The summed E-state index contributed by atoms with van der Waals surface area (Å²) in [6.07, 6.45) is 3.28. The van der Waals surface area contributed by atoms with E-state index in [-0.39, 0.29) is 0 Å². The summed E-state index contributed by atoms with van der Waals surface area (Å²) in [5.41, 5.74) is 2.57. The van der Waals surface area contributed by atoms with Crippen LogP contribution in [0.3, 0.4) is 0 Å². The number of nitrogens with zero attached hydrogens (tertiary/aromatic N) is 4. The number of hydrogen-bond acceptors (Lipinski definition) is 2. The van der Waals surface area contributed by atoms with Crippen molar-refractivity contribution >= 4 is 27.6 Å². The highest BCUT2D eigenvalue weighted by atomic mass is 79.9. The number of rotatable bonds is 5. The van der Waals surface area contributed by atoms with Gasteiger partial charge in [0, 0.05) is 62.8 Å². The van der Waals surface area contributed by atoms with Crippen LogP contribution in [0.25, 0.3) is 0 Å². The van der Waals surface area contributed by atoms with E-state index in [1.165, 1.54) is 17.8 Å². The number of aliphatic imine (C=N–C) groups is 1. The second-order valence-electron chi connectivity index (χ2n) is 6.98. The van der Waals surface area contributed by atoms with E-state index in [1.807, 2.05) is 7.05 Å². The summed E-state index contributed by atoms with van der Waals surface area (Å²) >= 11 is 3.57. The lowest BCUT2D eigenvalue weighted by molar-refractivity contribution is 0.450. The normalized spacial score (nSPS) is 17.6. The Labute approximate surface area is 164 Å². The van der Waals surface area contributed by atoms with Gasteiger partial charge in [0.2, 0.25) is 0 Å². The number of anilines is 1. The summed E-state index contributed by atoms with van der Waals surface area (Å²) in [6.45, 7) is 4.00. The maximum atomic E-state index is 4.45. The lowest BCUT2D eigenvalue weighted by atomic mass is 10.1. The first-order chi connectivity index (χ1) is 12.6. The van der Waals surface area contributed by atoms with E-state index in [1.54, 1.807) is 0 Å². The summed E-state index contributed by atoms with van der Waals surface area (Å²) in [5, 5.41) is 3.56. The van der Waals surface area contributed by atoms with Crippen molar-refractivity contribution in [2.45, 2.75) is 13.0 Å². The Morgan fingerprint density at radius 2 is 2.19 bits per heavy atom. The van der Waals surface area contributed by atoms with Gasteiger partial charge in [-0.05, 0) is 42.7 Å². The summed E-state index contributed by atoms with van der Waals surface area (Å²) in [4.78, 5) is 9.09. The highest BCUT2D eigenvalue weighted by molar-refractivity contribution is 9.10. The summed E-state index contributed by atoms with van der Waals surface area (Å²) in [6, 6.07) is 12.8. The van der Waals surface area contributed by atoms with Gasteiger partial charge in [0.1, 0.15) is 0 Å². The minimum Gasteiger partial charge on any atom is -0.371 e. The molecule has 1 N–H and O–H groups in total. The van der Waals surface area contributed by atoms with E-state index < -0.39 is 0 Å². The van der Waals surface area contributed by atoms with Crippen LogP contribution in [-0.4, -0.2) is 49.2 Å². The maximum absolute atomic E-state index is 4.45. The monoisotopic (exact) mass is 417 g/mol. The highest BCUT2D eigenvalue weighted by Crippen LogP contribution is 2.25. The standard InChI is InChI=1S/C20H28BrN5/c1-22-20(25(3)15-19-8-5-10-24(19)2)23-13-16-9-11-26(14-16)18-7-4-6-17(21)12-18/h4-8,10,12,16H,9,11,13-15H2,1-3H3,(H,22,23). The third-order valence-electron chi connectivity index (χ3n) is 5.03. The molecule has 5 nitrogen and oxygen atoms in total. The molecular weight excluding hydrogens is 390 g/mol. The van der Waals surface area contributed by atoms with Crippen LogP contribution < -0.4 is 10.2 Å². The van der Waals surface area contributed by atoms with Crippen LogP contribution in [0, 0.1) is 5.92 Å². The third-order valence-corrected chi connectivity index (χ3v) is 5.53. The van der Waals surface area contributed by atoms with Gasteiger partial charge < -0.3 is 19.7 Å². The minimum absolute atomic E-state index is 0.633. The largest absolute Gasteiger partial charge is 0.371 e. The van der Waals surface area contributed by atoms with E-state index in [9.17, 15) is 0 Å². The van der Waals surface area contributed by atoms with Crippen LogP contribution in [0.4, 0.5) is 5.69 Å². The number of benzene rings is 1. The molecule has 1 saturated heterocycles. The van der Waals surface area contributed by atoms with E-state index in [2.05, 4.69) is 97.3 Å². The van der Waals surface area contributed by atoms with Gasteiger partial charge in [0.15, 0.2) is 5.96 Å². The van der Waals surface area contributed by atoms with Gasteiger partial charge in [-0.15, -0.1) is 0 Å². The predicted octanol–water partition coefficient (Wildman–Crippen LogP) is 3.32. The number of aromatic nitrogens is 1. The topological polar surface area (TPSA) is 35.8 Å². The SMILES string of the molecule is CN=C(NCC1CCN(c2cccc(Br)c2)C1)N(C)Cc1cccn1C. The Bertz CT molecular complexity index is 754. The van der Waals surface area contributed by atoms with Crippen LogP contribution in [0.2, 0.25) is 0 Å². The predicted molar refractivity (Wildman–Crippen MR) is 113 cm³/mol. The molecule has 6 heteroatoms. The first-order valence-electron chi connectivity index (χ1n) is 9.09. The summed E-state index contributed by atoms with van der Waals surface area (Å²) in [7, 11) is 6.02. The Kier molecular flexibility index (Phi) is 6.25. The van der Waals surface area contributed by atoms with Gasteiger partial charge >= 0.3 is 0 Å². The number of guanidine groups is 1. The van der Waals surface area contributed by atoms with Gasteiger partial charge in [0.25, 0.3) is 0 Å². The van der Waals surface area contributed by atoms with E-state index >= 15 is 0 Å². The smallest absolute Gasteiger partial charge is 0.193 e. The van der Waals surface area contributed by atoms with Crippen molar-refractivity contribution in [2.24, 2.45) is 18.0 Å². The third kappa shape index (κ3) is 4.61. The molecule has 1 atom stereocenters. The molecule has 2 heterocycles. The van der Waals surface area contributed by atoms with Gasteiger partial charge in [-0.3, -0.25) is 4.99 Å².